The number of aromatic amines is 2. The Morgan fingerprint density at radius 2 is 1.89 bits per heavy atom. The summed E-state index contributed by atoms with van der Waals surface area (Å²) < 4.78 is 0.890. The van der Waals surface area contributed by atoms with Gasteiger partial charge in [0, 0.05) is 41.5 Å². The summed E-state index contributed by atoms with van der Waals surface area (Å²) in [5, 5.41) is 25.4. The van der Waals surface area contributed by atoms with Crippen molar-refractivity contribution in [2.75, 3.05) is 6.54 Å². The fraction of sp³-hybridized carbons (Fsp3) is 0.346. The van der Waals surface area contributed by atoms with Gasteiger partial charge in [-0.1, -0.05) is 50.1 Å². The highest BCUT2D eigenvalue weighted by Crippen LogP contribution is 2.41. The number of tetrazole rings is 1. The summed E-state index contributed by atoms with van der Waals surface area (Å²) in [5.41, 5.74) is 3.69. The van der Waals surface area contributed by atoms with Crippen LogP contribution in [0.4, 0.5) is 0 Å². The lowest BCUT2D eigenvalue weighted by atomic mass is 9.85. The van der Waals surface area contributed by atoms with Crippen molar-refractivity contribution < 1.29 is 14.7 Å². The third-order valence-electron chi connectivity index (χ3n) is 7.12. The van der Waals surface area contributed by atoms with Crippen LogP contribution in [0.2, 0.25) is 0 Å². The minimum atomic E-state index is -0.852. The molecule has 2 aromatic heterocycles. The molecule has 2 heterocycles. The number of nitrogens with one attached hydrogen (secondary N) is 2. The van der Waals surface area contributed by atoms with Crippen LogP contribution in [0.5, 0.6) is 0 Å². The van der Waals surface area contributed by atoms with Crippen molar-refractivity contribution in [3.8, 4) is 22.6 Å². The van der Waals surface area contributed by atoms with E-state index in [4.69, 9.17) is 0 Å². The van der Waals surface area contributed by atoms with Gasteiger partial charge >= 0.3 is 5.97 Å². The number of H-pyrrole nitrogens is 2. The monoisotopic (exact) mass is 550 g/mol. The fourth-order valence-electron chi connectivity index (χ4n) is 5.20. The number of carboxylic acid groups (broad SMARTS) is 1. The SMILES string of the molecule is CCC(=O)N(Cc1ccc2[nH]c(-c3ccccc3-c3nn[nH]n3)c(Br)c2c1)CC1(C(=O)O)CCCC1. The number of hydrogen-bond donors (Lipinski definition) is 3. The van der Waals surface area contributed by atoms with E-state index >= 15 is 0 Å². The molecule has 0 radical (unpaired) electrons. The number of hydrogen-bond acceptors (Lipinski definition) is 5. The van der Waals surface area contributed by atoms with Crippen molar-refractivity contribution in [1.82, 2.24) is 30.5 Å². The largest absolute Gasteiger partial charge is 0.481 e. The zero-order chi connectivity index (χ0) is 25.3. The molecule has 0 bridgehead atoms. The Balaban J connectivity index is 1.48. The summed E-state index contributed by atoms with van der Waals surface area (Å²) in [6, 6.07) is 13.9. The van der Waals surface area contributed by atoms with E-state index in [1.165, 1.54) is 0 Å². The molecule has 0 saturated heterocycles. The zero-order valence-electron chi connectivity index (χ0n) is 19.9. The minimum absolute atomic E-state index is 0.0366. The summed E-state index contributed by atoms with van der Waals surface area (Å²) in [4.78, 5) is 30.2. The summed E-state index contributed by atoms with van der Waals surface area (Å²) in [6.45, 7) is 2.42. The average Bonchev–Trinajstić information content (AvgIpc) is 3.65. The van der Waals surface area contributed by atoms with Crippen LogP contribution < -0.4 is 0 Å². The predicted octanol–water partition coefficient (Wildman–Crippen LogP) is 5.16. The molecule has 4 aromatic rings. The number of benzene rings is 2. The van der Waals surface area contributed by atoms with Crippen LogP contribution in [0.25, 0.3) is 33.5 Å². The van der Waals surface area contributed by atoms with Crippen LogP contribution >= 0.6 is 15.9 Å². The molecule has 9 nitrogen and oxygen atoms in total. The van der Waals surface area contributed by atoms with Gasteiger partial charge in [-0.2, -0.15) is 5.21 Å². The van der Waals surface area contributed by atoms with Gasteiger partial charge in [0.25, 0.3) is 0 Å². The number of amides is 1. The Hall–Kier alpha value is -3.53. The molecule has 0 aliphatic heterocycles. The number of fused-ring (bicyclic) bond motifs is 1. The van der Waals surface area contributed by atoms with Crippen LogP contribution in [-0.2, 0) is 16.1 Å². The lowest BCUT2D eigenvalue weighted by Gasteiger charge is -2.32. The Labute approximate surface area is 216 Å². The van der Waals surface area contributed by atoms with Crippen molar-refractivity contribution in [3.05, 3.63) is 52.5 Å². The first-order chi connectivity index (χ1) is 17.4. The number of aromatic nitrogens is 5. The Morgan fingerprint density at radius 1 is 1.14 bits per heavy atom. The number of carbonyl (C=O) groups is 2. The maximum absolute atomic E-state index is 12.8. The van der Waals surface area contributed by atoms with Crippen molar-refractivity contribution in [2.45, 2.75) is 45.6 Å². The molecule has 1 fully saturated rings. The molecule has 2 aromatic carbocycles. The molecule has 3 N–H and O–H groups in total. The van der Waals surface area contributed by atoms with E-state index in [0.29, 0.717) is 31.6 Å². The van der Waals surface area contributed by atoms with E-state index in [0.717, 1.165) is 50.6 Å². The van der Waals surface area contributed by atoms with Crippen molar-refractivity contribution in [2.24, 2.45) is 5.41 Å². The lowest BCUT2D eigenvalue weighted by Crippen LogP contribution is -2.43. The van der Waals surface area contributed by atoms with Crippen LogP contribution in [0, 0.1) is 5.41 Å². The summed E-state index contributed by atoms with van der Waals surface area (Å²) >= 11 is 3.77. The van der Waals surface area contributed by atoms with E-state index in [1.54, 1.807) is 4.90 Å². The normalized spacial score (nSPS) is 14.8. The molecule has 36 heavy (non-hydrogen) atoms. The first-order valence-electron chi connectivity index (χ1n) is 12.1. The lowest BCUT2D eigenvalue weighted by molar-refractivity contribution is -0.151. The number of carboxylic acids is 1. The molecule has 1 aliphatic carbocycles. The molecule has 1 saturated carbocycles. The Bertz CT molecular complexity index is 1410. The quantitative estimate of drug-likeness (QED) is 0.278. The van der Waals surface area contributed by atoms with Crippen molar-refractivity contribution in [1.29, 1.82) is 0 Å². The first kappa shape index (κ1) is 24.2. The Kier molecular flexibility index (Phi) is 6.61. The average molecular weight is 551 g/mol. The Morgan fingerprint density at radius 3 is 2.56 bits per heavy atom. The van der Waals surface area contributed by atoms with Gasteiger partial charge in [0.05, 0.1) is 15.6 Å². The van der Waals surface area contributed by atoms with Gasteiger partial charge in [-0.3, -0.25) is 9.59 Å². The molecule has 0 atom stereocenters. The highest BCUT2D eigenvalue weighted by molar-refractivity contribution is 9.10. The number of rotatable bonds is 8. The fourth-order valence-corrected chi connectivity index (χ4v) is 5.84. The van der Waals surface area contributed by atoms with Gasteiger partial charge in [-0.15, -0.1) is 10.2 Å². The summed E-state index contributed by atoms with van der Waals surface area (Å²) in [6.07, 6.45) is 3.33. The minimum Gasteiger partial charge on any atom is -0.481 e. The second kappa shape index (κ2) is 9.85. The molecule has 0 unspecified atom stereocenters. The van der Waals surface area contributed by atoms with Gasteiger partial charge in [-0.25, -0.2) is 0 Å². The molecule has 1 amide bonds. The van der Waals surface area contributed by atoms with Crippen LogP contribution in [-0.4, -0.2) is 54.0 Å². The number of nitrogens with zero attached hydrogens (tertiary/aromatic N) is 4. The predicted molar refractivity (Wildman–Crippen MR) is 139 cm³/mol. The van der Waals surface area contributed by atoms with Gasteiger partial charge in [0.1, 0.15) is 0 Å². The maximum Gasteiger partial charge on any atom is 0.311 e. The topological polar surface area (TPSA) is 128 Å². The highest BCUT2D eigenvalue weighted by Gasteiger charge is 2.43. The van der Waals surface area contributed by atoms with Crippen LogP contribution in [0.3, 0.4) is 0 Å². The molecule has 0 spiro atoms. The molecule has 1 aliphatic rings. The third kappa shape index (κ3) is 4.41. The first-order valence-corrected chi connectivity index (χ1v) is 12.9. The zero-order valence-corrected chi connectivity index (χ0v) is 21.5. The van der Waals surface area contributed by atoms with Gasteiger partial charge in [0.15, 0.2) is 0 Å². The second-order valence-corrected chi connectivity index (χ2v) is 10.2. The second-order valence-electron chi connectivity index (χ2n) is 9.37. The van der Waals surface area contributed by atoms with E-state index in [1.807, 2.05) is 43.3 Å². The van der Waals surface area contributed by atoms with E-state index in [2.05, 4.69) is 47.6 Å². The highest BCUT2D eigenvalue weighted by atomic mass is 79.9. The molecular weight excluding hydrogens is 524 g/mol. The van der Waals surface area contributed by atoms with Gasteiger partial charge < -0.3 is 15.0 Å². The summed E-state index contributed by atoms with van der Waals surface area (Å²) in [7, 11) is 0. The van der Waals surface area contributed by atoms with Crippen LogP contribution in [0.15, 0.2) is 46.9 Å². The smallest absolute Gasteiger partial charge is 0.311 e. The van der Waals surface area contributed by atoms with Crippen molar-refractivity contribution in [3.63, 3.8) is 0 Å². The molecular formula is C26H27BrN6O3. The van der Waals surface area contributed by atoms with E-state index in [-0.39, 0.29) is 12.5 Å². The van der Waals surface area contributed by atoms with Crippen LogP contribution in [0.1, 0.15) is 44.6 Å². The van der Waals surface area contributed by atoms with Gasteiger partial charge in [-0.05, 0) is 51.7 Å². The van der Waals surface area contributed by atoms with E-state index in [9.17, 15) is 14.7 Å². The summed E-state index contributed by atoms with van der Waals surface area (Å²) in [5.74, 6) is -0.335. The number of halogens is 1. The third-order valence-corrected chi connectivity index (χ3v) is 7.94. The molecule has 186 valence electrons. The standard InChI is InChI=1S/C26H27BrN6O3/c1-2-21(34)33(15-26(25(35)36)11-5-6-12-26)14-16-9-10-20-19(13-16)22(27)23(28-20)17-7-3-4-8-18(17)24-29-31-32-30-24/h3-4,7-10,13,28H,2,5-6,11-12,14-15H2,1H3,(H,35,36)(H,29,30,31,32). The van der Waals surface area contributed by atoms with E-state index < -0.39 is 11.4 Å². The number of aliphatic carboxylic acids is 1. The number of carbonyl (C=O) groups excluding carboxylic acids is 1. The molecule has 10 heteroatoms. The molecule has 5 rings (SSSR count). The van der Waals surface area contributed by atoms with Gasteiger partial charge in [0.2, 0.25) is 11.7 Å². The van der Waals surface area contributed by atoms with Crippen molar-refractivity contribution >= 4 is 38.7 Å². The maximum atomic E-state index is 12.8.